The minimum absolute atomic E-state index is 0.0476. The zero-order valence-corrected chi connectivity index (χ0v) is 11.9. The van der Waals surface area contributed by atoms with Crippen LogP contribution in [0.4, 0.5) is 4.39 Å². The highest BCUT2D eigenvalue weighted by Crippen LogP contribution is 2.37. The number of piperidine rings is 1. The Bertz CT molecular complexity index is 526. The first-order chi connectivity index (χ1) is 10.1. The normalized spacial score (nSPS) is 23.2. The highest BCUT2D eigenvalue weighted by molar-refractivity contribution is 5.68. The Morgan fingerprint density at radius 1 is 1.33 bits per heavy atom. The van der Waals surface area contributed by atoms with Crippen molar-refractivity contribution in [3.63, 3.8) is 0 Å². The van der Waals surface area contributed by atoms with Crippen molar-refractivity contribution in [1.29, 1.82) is 0 Å². The second-order valence-electron chi connectivity index (χ2n) is 5.84. The number of carbonyl (C=O) groups is 1. The van der Waals surface area contributed by atoms with Crippen LogP contribution in [0.25, 0.3) is 0 Å². The zero-order chi connectivity index (χ0) is 14.8. The van der Waals surface area contributed by atoms with E-state index < -0.39 is 5.97 Å². The molecule has 1 aliphatic heterocycles. The molecule has 1 aromatic rings. The molecule has 4 nitrogen and oxygen atoms in total. The average molecular weight is 293 g/mol. The van der Waals surface area contributed by atoms with E-state index in [-0.39, 0.29) is 18.5 Å². The van der Waals surface area contributed by atoms with E-state index in [1.165, 1.54) is 5.56 Å². The third-order valence-corrected chi connectivity index (χ3v) is 4.51. The molecule has 21 heavy (non-hydrogen) atoms. The van der Waals surface area contributed by atoms with Gasteiger partial charge in [0, 0.05) is 19.1 Å². The van der Waals surface area contributed by atoms with Crippen molar-refractivity contribution in [2.45, 2.75) is 37.8 Å². The van der Waals surface area contributed by atoms with Crippen LogP contribution in [0.3, 0.4) is 0 Å². The fraction of sp³-hybridized carbons (Fsp3) is 0.562. The minimum Gasteiger partial charge on any atom is -0.480 e. The molecule has 1 fully saturated rings. The lowest BCUT2D eigenvalue weighted by Gasteiger charge is -2.36. The first-order valence-corrected chi connectivity index (χ1v) is 7.49. The number of nitrogens with zero attached hydrogens (tertiary/aromatic N) is 1. The molecule has 1 N–H and O–H groups in total. The minimum atomic E-state index is -0.913. The van der Waals surface area contributed by atoms with Gasteiger partial charge in [0.25, 0.3) is 0 Å². The summed E-state index contributed by atoms with van der Waals surface area (Å²) in [5, 5.41) is 8.63. The van der Waals surface area contributed by atoms with Gasteiger partial charge in [-0.25, -0.2) is 9.18 Å². The van der Waals surface area contributed by atoms with Crippen molar-refractivity contribution in [1.82, 2.24) is 4.90 Å². The summed E-state index contributed by atoms with van der Waals surface area (Å²) in [6.07, 6.45) is 3.75. The summed E-state index contributed by atoms with van der Waals surface area (Å²) in [5.41, 5.74) is 2.38. The SMILES string of the molecule is O=C(O)COC1CCN(C2CCc3cc(F)ccc32)CC1. The third-order valence-electron chi connectivity index (χ3n) is 4.51. The maximum atomic E-state index is 13.3. The van der Waals surface area contributed by atoms with E-state index >= 15 is 0 Å². The summed E-state index contributed by atoms with van der Waals surface area (Å²) in [5.74, 6) is -1.07. The number of rotatable bonds is 4. The predicted octanol–water partition coefficient (Wildman–Crippen LogP) is 2.38. The number of likely N-dealkylation sites (tertiary alicyclic amines) is 1. The Morgan fingerprint density at radius 3 is 2.81 bits per heavy atom. The highest BCUT2D eigenvalue weighted by atomic mass is 19.1. The summed E-state index contributed by atoms with van der Waals surface area (Å²) < 4.78 is 18.6. The van der Waals surface area contributed by atoms with Crippen molar-refractivity contribution >= 4 is 5.97 Å². The molecule has 0 bridgehead atoms. The van der Waals surface area contributed by atoms with Gasteiger partial charge in [-0.2, -0.15) is 0 Å². The van der Waals surface area contributed by atoms with E-state index in [0.717, 1.165) is 44.3 Å². The highest BCUT2D eigenvalue weighted by Gasteiger charge is 2.31. The van der Waals surface area contributed by atoms with Gasteiger partial charge in [-0.15, -0.1) is 0 Å². The topological polar surface area (TPSA) is 49.8 Å². The molecule has 1 aromatic carbocycles. The van der Waals surface area contributed by atoms with Crippen molar-refractivity contribution < 1.29 is 19.0 Å². The van der Waals surface area contributed by atoms with Crippen LogP contribution < -0.4 is 0 Å². The van der Waals surface area contributed by atoms with Crippen LogP contribution in [0.2, 0.25) is 0 Å². The standard InChI is InChI=1S/C16H20FNO3/c17-12-2-3-14-11(9-12)1-4-15(14)18-7-5-13(6-8-18)21-10-16(19)20/h2-3,9,13,15H,1,4-8,10H2,(H,19,20). The van der Waals surface area contributed by atoms with Crippen LogP contribution in [-0.4, -0.2) is 41.8 Å². The Kier molecular flexibility index (Phi) is 4.22. The lowest BCUT2D eigenvalue weighted by Crippen LogP contribution is -2.39. The Labute approximate surface area is 123 Å². The number of aryl methyl sites for hydroxylation is 1. The van der Waals surface area contributed by atoms with Crippen LogP contribution in [0.1, 0.15) is 36.4 Å². The molecule has 114 valence electrons. The Morgan fingerprint density at radius 2 is 2.10 bits per heavy atom. The summed E-state index contributed by atoms with van der Waals surface area (Å²) in [4.78, 5) is 12.9. The molecule has 0 saturated carbocycles. The smallest absolute Gasteiger partial charge is 0.329 e. The molecular weight excluding hydrogens is 273 g/mol. The van der Waals surface area contributed by atoms with Crippen LogP contribution in [0.15, 0.2) is 18.2 Å². The summed E-state index contributed by atoms with van der Waals surface area (Å²) in [7, 11) is 0. The largest absolute Gasteiger partial charge is 0.480 e. The summed E-state index contributed by atoms with van der Waals surface area (Å²) in [6, 6.07) is 5.48. The van der Waals surface area contributed by atoms with E-state index in [1.54, 1.807) is 12.1 Å². The summed E-state index contributed by atoms with van der Waals surface area (Å²) in [6.45, 7) is 1.60. The van der Waals surface area contributed by atoms with Crippen molar-refractivity contribution in [2.75, 3.05) is 19.7 Å². The molecule has 0 spiro atoms. The van der Waals surface area contributed by atoms with Crippen molar-refractivity contribution in [3.05, 3.63) is 35.1 Å². The molecule has 1 heterocycles. The van der Waals surface area contributed by atoms with Crippen molar-refractivity contribution in [3.8, 4) is 0 Å². The fourth-order valence-electron chi connectivity index (χ4n) is 3.49. The average Bonchev–Trinajstić information content (AvgIpc) is 2.88. The van der Waals surface area contributed by atoms with Crippen LogP contribution >= 0.6 is 0 Å². The van der Waals surface area contributed by atoms with Crippen molar-refractivity contribution in [2.24, 2.45) is 0 Å². The number of fused-ring (bicyclic) bond motifs is 1. The van der Waals surface area contributed by atoms with E-state index in [9.17, 15) is 9.18 Å². The first-order valence-electron chi connectivity index (χ1n) is 7.49. The maximum absolute atomic E-state index is 13.3. The number of carboxylic acid groups (broad SMARTS) is 1. The van der Waals surface area contributed by atoms with Gasteiger partial charge >= 0.3 is 5.97 Å². The van der Waals surface area contributed by atoms with E-state index in [1.807, 2.05) is 6.07 Å². The number of benzene rings is 1. The van der Waals surface area contributed by atoms with Gasteiger partial charge in [0.05, 0.1) is 6.10 Å². The zero-order valence-electron chi connectivity index (χ0n) is 11.9. The fourth-order valence-corrected chi connectivity index (χ4v) is 3.49. The van der Waals surface area contributed by atoms with Gasteiger partial charge in [-0.1, -0.05) is 6.07 Å². The third kappa shape index (κ3) is 3.24. The molecule has 1 unspecified atom stereocenters. The number of hydrogen-bond acceptors (Lipinski definition) is 3. The molecule has 0 aromatic heterocycles. The van der Waals surface area contributed by atoms with Gasteiger partial charge in [-0.05, 0) is 48.9 Å². The summed E-state index contributed by atoms with van der Waals surface area (Å²) >= 11 is 0. The van der Waals surface area contributed by atoms with Gasteiger partial charge in [0.15, 0.2) is 0 Å². The number of halogens is 1. The van der Waals surface area contributed by atoms with E-state index in [2.05, 4.69) is 4.90 Å². The lowest BCUT2D eigenvalue weighted by molar-refractivity contribution is -0.145. The first kappa shape index (κ1) is 14.5. The number of carboxylic acids is 1. The van der Waals surface area contributed by atoms with Gasteiger partial charge in [0.1, 0.15) is 12.4 Å². The van der Waals surface area contributed by atoms with E-state index in [4.69, 9.17) is 9.84 Å². The lowest BCUT2D eigenvalue weighted by atomic mass is 10.0. The molecule has 1 aliphatic carbocycles. The number of hydrogen-bond donors (Lipinski definition) is 1. The van der Waals surface area contributed by atoms with Gasteiger partial charge in [0.2, 0.25) is 0 Å². The second-order valence-corrected chi connectivity index (χ2v) is 5.84. The molecule has 0 radical (unpaired) electrons. The predicted molar refractivity (Wildman–Crippen MR) is 75.6 cm³/mol. The number of ether oxygens (including phenoxy) is 1. The molecular formula is C16H20FNO3. The molecule has 2 aliphatic rings. The Hall–Kier alpha value is -1.46. The molecule has 5 heteroatoms. The molecule has 1 saturated heterocycles. The van der Waals surface area contributed by atoms with Crippen LogP contribution in [-0.2, 0) is 16.0 Å². The monoisotopic (exact) mass is 293 g/mol. The molecule has 3 rings (SSSR count). The Balaban J connectivity index is 1.58. The quantitative estimate of drug-likeness (QED) is 0.926. The molecule has 0 amide bonds. The number of aliphatic carboxylic acids is 1. The molecule has 1 atom stereocenters. The van der Waals surface area contributed by atoms with Gasteiger partial charge < -0.3 is 9.84 Å². The van der Waals surface area contributed by atoms with Crippen LogP contribution in [0, 0.1) is 5.82 Å². The van der Waals surface area contributed by atoms with E-state index in [0.29, 0.717) is 6.04 Å². The van der Waals surface area contributed by atoms with Crippen LogP contribution in [0.5, 0.6) is 0 Å². The second kappa shape index (κ2) is 6.12. The van der Waals surface area contributed by atoms with Gasteiger partial charge in [-0.3, -0.25) is 4.90 Å². The maximum Gasteiger partial charge on any atom is 0.329 e.